The lowest BCUT2D eigenvalue weighted by Gasteiger charge is -2.39. The number of ether oxygens (including phenoxy) is 2. The molecule has 0 aromatic carbocycles. The van der Waals surface area contributed by atoms with Gasteiger partial charge in [-0.25, -0.2) is 4.79 Å². The Morgan fingerprint density at radius 1 is 1.04 bits per heavy atom. The van der Waals surface area contributed by atoms with E-state index in [0.29, 0.717) is 12.8 Å². The van der Waals surface area contributed by atoms with Crippen molar-refractivity contribution < 1.29 is 40.6 Å². The number of fused-ring (bicyclic) bond motifs is 2. The number of hydrogen-bond acceptors (Lipinski definition) is 3. The van der Waals surface area contributed by atoms with Crippen molar-refractivity contribution in [3.8, 4) is 0 Å². The summed E-state index contributed by atoms with van der Waals surface area (Å²) in [5.41, 5.74) is -0.584. The molecule has 0 saturated heterocycles. The molecule has 3 atom stereocenters. The molecule has 2 bridgehead atoms. The van der Waals surface area contributed by atoms with E-state index >= 15 is 0 Å². The molecule has 3 unspecified atom stereocenters. The van der Waals surface area contributed by atoms with Crippen LogP contribution >= 0.6 is 0 Å². The summed E-state index contributed by atoms with van der Waals surface area (Å²) in [6.07, 6.45) is -11.3. The average Bonchev–Trinajstić information content (AvgIpc) is 2.96. The Bertz CT molecular complexity index is 482. The van der Waals surface area contributed by atoms with E-state index < -0.39 is 35.8 Å². The van der Waals surface area contributed by atoms with Gasteiger partial charge < -0.3 is 9.47 Å². The molecule has 132 valence electrons. The van der Waals surface area contributed by atoms with E-state index in [1.165, 1.54) is 0 Å². The van der Waals surface area contributed by atoms with Crippen LogP contribution in [0.15, 0.2) is 12.2 Å². The van der Waals surface area contributed by atoms with Crippen LogP contribution in [0.25, 0.3) is 0 Å². The second-order valence-corrected chi connectivity index (χ2v) is 6.11. The quantitative estimate of drug-likeness (QED) is 0.332. The molecule has 2 aliphatic rings. The number of carbonyl (C=O) groups is 1. The van der Waals surface area contributed by atoms with E-state index in [-0.39, 0.29) is 18.3 Å². The lowest BCUT2D eigenvalue weighted by atomic mass is 9.97. The second-order valence-electron chi connectivity index (χ2n) is 6.11. The third-order valence-electron chi connectivity index (χ3n) is 4.32. The predicted octanol–water partition coefficient (Wildman–Crippen LogP) is 4.13. The first-order valence-corrected chi connectivity index (χ1v) is 7.07. The van der Waals surface area contributed by atoms with Gasteiger partial charge in [0.15, 0.2) is 0 Å². The van der Waals surface area contributed by atoms with Gasteiger partial charge >= 0.3 is 24.1 Å². The highest BCUT2D eigenvalue weighted by molar-refractivity contribution is 5.87. The Morgan fingerprint density at radius 2 is 1.61 bits per heavy atom. The van der Waals surface area contributed by atoms with E-state index in [2.05, 4.69) is 16.1 Å². The maximum Gasteiger partial charge on any atom is 0.465 e. The molecule has 2 rings (SSSR count). The SMILES string of the molecule is C=C(C)C(=O)OC(OC1CC2CCC1C2)(C(F)(F)F)C(F)(F)F. The number of hydrogen-bond donors (Lipinski definition) is 0. The molecular formula is C14H16F6O3. The molecule has 0 N–H and O–H groups in total. The predicted molar refractivity (Wildman–Crippen MR) is 66.1 cm³/mol. The normalized spacial score (nSPS) is 28.0. The Kier molecular flexibility index (Phi) is 4.47. The minimum Gasteiger partial charge on any atom is -0.412 e. The minimum absolute atomic E-state index is 0.0565. The van der Waals surface area contributed by atoms with Crippen LogP contribution in [0.3, 0.4) is 0 Å². The highest BCUT2D eigenvalue weighted by Crippen LogP contribution is 2.53. The van der Waals surface area contributed by atoms with Crippen LogP contribution in [0.2, 0.25) is 0 Å². The van der Waals surface area contributed by atoms with Crippen molar-refractivity contribution in [1.82, 2.24) is 0 Å². The number of alkyl halides is 6. The summed E-state index contributed by atoms with van der Waals surface area (Å²) in [6.45, 7) is 3.96. The summed E-state index contributed by atoms with van der Waals surface area (Å²) in [5, 5.41) is 0. The highest BCUT2D eigenvalue weighted by Gasteiger charge is 2.77. The molecule has 0 spiro atoms. The molecule has 0 radical (unpaired) electrons. The molecule has 2 saturated carbocycles. The minimum atomic E-state index is -5.96. The Balaban J connectivity index is 2.36. The van der Waals surface area contributed by atoms with Crippen LogP contribution < -0.4 is 0 Å². The van der Waals surface area contributed by atoms with E-state index in [1.807, 2.05) is 0 Å². The number of halogens is 6. The van der Waals surface area contributed by atoms with Gasteiger partial charge in [-0.1, -0.05) is 6.58 Å². The van der Waals surface area contributed by atoms with E-state index in [0.717, 1.165) is 13.3 Å². The topological polar surface area (TPSA) is 35.5 Å². The lowest BCUT2D eigenvalue weighted by molar-refractivity contribution is -0.465. The first kappa shape index (κ1) is 18.1. The van der Waals surface area contributed by atoms with Gasteiger partial charge in [0.2, 0.25) is 0 Å². The van der Waals surface area contributed by atoms with E-state index in [4.69, 9.17) is 0 Å². The summed E-state index contributed by atoms with van der Waals surface area (Å²) < 4.78 is 87.7. The zero-order valence-corrected chi connectivity index (χ0v) is 12.3. The van der Waals surface area contributed by atoms with Crippen LogP contribution in [0.4, 0.5) is 26.3 Å². The van der Waals surface area contributed by atoms with Gasteiger partial charge in [0.1, 0.15) is 0 Å². The number of carbonyl (C=O) groups excluding carboxylic acids is 1. The third-order valence-corrected chi connectivity index (χ3v) is 4.32. The maximum atomic E-state index is 13.2. The van der Waals surface area contributed by atoms with Crippen molar-refractivity contribution in [1.29, 1.82) is 0 Å². The first-order valence-electron chi connectivity index (χ1n) is 7.07. The molecule has 2 fully saturated rings. The van der Waals surface area contributed by atoms with Gasteiger partial charge in [0.25, 0.3) is 0 Å². The molecule has 23 heavy (non-hydrogen) atoms. The van der Waals surface area contributed by atoms with Gasteiger partial charge in [0, 0.05) is 5.57 Å². The van der Waals surface area contributed by atoms with E-state index in [1.54, 1.807) is 0 Å². The van der Waals surface area contributed by atoms with Crippen molar-refractivity contribution in [2.75, 3.05) is 0 Å². The maximum absolute atomic E-state index is 13.2. The number of rotatable bonds is 4. The van der Waals surface area contributed by atoms with Gasteiger partial charge in [-0.05, 0) is 44.4 Å². The molecule has 0 aromatic rings. The summed E-state index contributed by atoms with van der Waals surface area (Å²) in [4.78, 5) is 11.4. The fourth-order valence-corrected chi connectivity index (χ4v) is 3.20. The molecule has 9 heteroatoms. The van der Waals surface area contributed by atoms with Crippen molar-refractivity contribution >= 4 is 5.97 Å². The third kappa shape index (κ3) is 3.20. The fraction of sp³-hybridized carbons (Fsp3) is 0.786. The van der Waals surface area contributed by atoms with Crippen LogP contribution in [0, 0.1) is 11.8 Å². The molecule has 0 aromatic heterocycles. The monoisotopic (exact) mass is 346 g/mol. The molecule has 0 heterocycles. The zero-order chi connectivity index (χ0) is 17.6. The first-order chi connectivity index (χ1) is 10.4. The van der Waals surface area contributed by atoms with Crippen molar-refractivity contribution in [2.45, 2.75) is 56.9 Å². The lowest BCUT2D eigenvalue weighted by Crippen LogP contribution is -2.63. The van der Waals surface area contributed by atoms with Gasteiger partial charge in [-0.3, -0.25) is 0 Å². The molecule has 0 amide bonds. The van der Waals surface area contributed by atoms with Crippen molar-refractivity contribution in [2.24, 2.45) is 11.8 Å². The fourth-order valence-electron chi connectivity index (χ4n) is 3.20. The van der Waals surface area contributed by atoms with Gasteiger partial charge in [0.05, 0.1) is 6.10 Å². The molecule has 3 nitrogen and oxygen atoms in total. The standard InChI is InChI=1S/C14H16F6O3/c1-7(2)11(21)23-12(13(15,16)17,14(18,19)20)22-10-6-8-3-4-9(10)5-8/h8-10H,1,3-6H2,2H3. The van der Waals surface area contributed by atoms with Crippen LogP contribution in [0.5, 0.6) is 0 Å². The van der Waals surface area contributed by atoms with Crippen LogP contribution in [-0.2, 0) is 14.3 Å². The van der Waals surface area contributed by atoms with Crippen LogP contribution in [0.1, 0.15) is 32.6 Å². The summed E-state index contributed by atoms with van der Waals surface area (Å²) in [7, 11) is 0. The van der Waals surface area contributed by atoms with Gasteiger partial charge in [-0.15, -0.1) is 0 Å². The average molecular weight is 346 g/mol. The largest absolute Gasteiger partial charge is 0.465 e. The smallest absolute Gasteiger partial charge is 0.412 e. The molecular weight excluding hydrogens is 330 g/mol. The molecule has 2 aliphatic carbocycles. The second kappa shape index (κ2) is 5.68. The zero-order valence-electron chi connectivity index (χ0n) is 12.3. The van der Waals surface area contributed by atoms with Crippen molar-refractivity contribution in [3.63, 3.8) is 0 Å². The number of esters is 1. The Hall–Kier alpha value is -1.25. The van der Waals surface area contributed by atoms with Crippen molar-refractivity contribution in [3.05, 3.63) is 12.2 Å². The Morgan fingerprint density at radius 3 is 1.96 bits per heavy atom. The van der Waals surface area contributed by atoms with Crippen LogP contribution in [-0.4, -0.2) is 30.2 Å². The summed E-state index contributed by atoms with van der Waals surface area (Å²) in [5.74, 6) is -7.10. The Labute approximate surface area is 128 Å². The van der Waals surface area contributed by atoms with Gasteiger partial charge in [-0.2, -0.15) is 26.3 Å². The molecule has 0 aliphatic heterocycles. The van der Waals surface area contributed by atoms with E-state index in [9.17, 15) is 31.1 Å². The summed E-state index contributed by atoms with van der Waals surface area (Å²) >= 11 is 0. The highest BCUT2D eigenvalue weighted by atomic mass is 19.4. The summed E-state index contributed by atoms with van der Waals surface area (Å²) in [6, 6.07) is 0.